The van der Waals surface area contributed by atoms with Gasteiger partial charge in [-0.05, 0) is 24.4 Å². The van der Waals surface area contributed by atoms with Crippen LogP contribution in [-0.2, 0) is 0 Å². The molecule has 17 heavy (non-hydrogen) atoms. The fourth-order valence-corrected chi connectivity index (χ4v) is 1.98. The Morgan fingerprint density at radius 3 is 3.00 bits per heavy atom. The van der Waals surface area contributed by atoms with Gasteiger partial charge in [0.25, 0.3) is 0 Å². The number of rotatable bonds is 4. The van der Waals surface area contributed by atoms with E-state index in [0.717, 1.165) is 22.8 Å². The van der Waals surface area contributed by atoms with Gasteiger partial charge < -0.3 is 5.73 Å². The first-order chi connectivity index (χ1) is 8.24. The van der Waals surface area contributed by atoms with E-state index in [1.165, 1.54) is 0 Å². The van der Waals surface area contributed by atoms with Crippen LogP contribution >= 0.6 is 0 Å². The summed E-state index contributed by atoms with van der Waals surface area (Å²) in [6, 6.07) is 7.62. The van der Waals surface area contributed by atoms with Crippen molar-refractivity contribution >= 4 is 16.6 Å². The Bertz CT molecular complexity index is 531. The van der Waals surface area contributed by atoms with Crippen molar-refractivity contribution in [2.24, 2.45) is 11.7 Å². The number of hydrogen-bond donors (Lipinski definition) is 1. The molecule has 1 unspecified atom stereocenters. The second-order valence-corrected chi connectivity index (χ2v) is 4.25. The number of nitrogens with zero attached hydrogens (tertiary/aromatic N) is 1. The van der Waals surface area contributed by atoms with Crippen molar-refractivity contribution in [1.29, 1.82) is 0 Å². The Morgan fingerprint density at radius 2 is 2.24 bits per heavy atom. The minimum atomic E-state index is -0.0289. The molecule has 2 rings (SSSR count). The molecule has 0 aliphatic heterocycles. The Kier molecular flexibility index (Phi) is 3.49. The highest BCUT2D eigenvalue weighted by Gasteiger charge is 2.16. The molecule has 3 nitrogen and oxygen atoms in total. The summed E-state index contributed by atoms with van der Waals surface area (Å²) >= 11 is 0. The van der Waals surface area contributed by atoms with Gasteiger partial charge in [0.15, 0.2) is 5.78 Å². The SMILES string of the molecule is CC(CCN)C(=O)c1cccc2cnccc12. The summed E-state index contributed by atoms with van der Waals surface area (Å²) in [7, 11) is 0. The number of fused-ring (bicyclic) bond motifs is 1. The predicted molar refractivity (Wildman–Crippen MR) is 68.9 cm³/mol. The lowest BCUT2D eigenvalue weighted by Crippen LogP contribution is -2.16. The first-order valence-corrected chi connectivity index (χ1v) is 5.81. The molecular weight excluding hydrogens is 212 g/mol. The van der Waals surface area contributed by atoms with E-state index in [9.17, 15) is 4.79 Å². The molecule has 0 aliphatic carbocycles. The van der Waals surface area contributed by atoms with E-state index in [0.29, 0.717) is 6.54 Å². The fraction of sp³-hybridized carbons (Fsp3) is 0.286. The van der Waals surface area contributed by atoms with Crippen LogP contribution in [0.3, 0.4) is 0 Å². The van der Waals surface area contributed by atoms with Crippen LogP contribution in [0.2, 0.25) is 0 Å². The van der Waals surface area contributed by atoms with E-state index in [-0.39, 0.29) is 11.7 Å². The van der Waals surface area contributed by atoms with Gasteiger partial charge in [-0.3, -0.25) is 9.78 Å². The summed E-state index contributed by atoms with van der Waals surface area (Å²) in [5.41, 5.74) is 6.27. The van der Waals surface area contributed by atoms with Crippen molar-refractivity contribution in [3.8, 4) is 0 Å². The highest BCUT2D eigenvalue weighted by Crippen LogP contribution is 2.21. The second kappa shape index (κ2) is 5.06. The average Bonchev–Trinajstić information content (AvgIpc) is 2.37. The Hall–Kier alpha value is -1.74. The molecule has 88 valence electrons. The maximum Gasteiger partial charge on any atom is 0.166 e. The number of carbonyl (C=O) groups excluding carboxylic acids is 1. The Morgan fingerprint density at radius 1 is 1.41 bits per heavy atom. The summed E-state index contributed by atoms with van der Waals surface area (Å²) in [4.78, 5) is 16.3. The van der Waals surface area contributed by atoms with E-state index in [2.05, 4.69) is 4.98 Å². The normalized spacial score (nSPS) is 12.6. The van der Waals surface area contributed by atoms with Crippen molar-refractivity contribution in [2.75, 3.05) is 6.54 Å². The van der Waals surface area contributed by atoms with Crippen LogP contribution in [-0.4, -0.2) is 17.3 Å². The summed E-state index contributed by atoms with van der Waals surface area (Å²) in [5.74, 6) is 0.131. The quantitative estimate of drug-likeness (QED) is 0.817. The largest absolute Gasteiger partial charge is 0.330 e. The highest BCUT2D eigenvalue weighted by molar-refractivity contribution is 6.08. The molecule has 0 spiro atoms. The first-order valence-electron chi connectivity index (χ1n) is 5.81. The molecule has 3 heteroatoms. The highest BCUT2D eigenvalue weighted by atomic mass is 16.1. The van der Waals surface area contributed by atoms with Crippen LogP contribution in [0.25, 0.3) is 10.8 Å². The van der Waals surface area contributed by atoms with Crippen LogP contribution in [0.1, 0.15) is 23.7 Å². The summed E-state index contributed by atoms with van der Waals surface area (Å²) < 4.78 is 0. The number of hydrogen-bond acceptors (Lipinski definition) is 3. The van der Waals surface area contributed by atoms with Crippen molar-refractivity contribution in [3.63, 3.8) is 0 Å². The molecule has 0 saturated carbocycles. The molecule has 0 saturated heterocycles. The maximum absolute atomic E-state index is 12.3. The van der Waals surface area contributed by atoms with Crippen LogP contribution < -0.4 is 5.73 Å². The third-order valence-electron chi connectivity index (χ3n) is 2.99. The molecule has 0 aliphatic rings. The number of ketones is 1. The molecule has 2 N–H and O–H groups in total. The summed E-state index contributed by atoms with van der Waals surface area (Å²) in [5, 5.41) is 1.97. The molecule has 0 amide bonds. The van der Waals surface area contributed by atoms with E-state index >= 15 is 0 Å². The smallest absolute Gasteiger partial charge is 0.166 e. The number of Topliss-reactive ketones (excluding diaryl/α,β-unsaturated/α-hetero) is 1. The lowest BCUT2D eigenvalue weighted by Gasteiger charge is -2.11. The topological polar surface area (TPSA) is 56.0 Å². The van der Waals surface area contributed by atoms with Gasteiger partial charge in [-0.15, -0.1) is 0 Å². The van der Waals surface area contributed by atoms with Crippen LogP contribution in [0.15, 0.2) is 36.7 Å². The zero-order chi connectivity index (χ0) is 12.3. The van der Waals surface area contributed by atoms with Gasteiger partial charge in [-0.25, -0.2) is 0 Å². The molecular formula is C14H16N2O. The summed E-state index contributed by atoms with van der Waals surface area (Å²) in [6.07, 6.45) is 4.22. The van der Waals surface area contributed by atoms with Gasteiger partial charge in [0.2, 0.25) is 0 Å². The predicted octanol–water partition coefficient (Wildman–Crippen LogP) is 2.40. The maximum atomic E-state index is 12.3. The Balaban J connectivity index is 2.45. The van der Waals surface area contributed by atoms with Crippen LogP contribution in [0.4, 0.5) is 0 Å². The number of carbonyl (C=O) groups is 1. The monoisotopic (exact) mass is 228 g/mol. The number of aromatic nitrogens is 1. The van der Waals surface area contributed by atoms with Gasteiger partial charge in [-0.1, -0.05) is 25.1 Å². The molecule has 0 bridgehead atoms. The third kappa shape index (κ3) is 2.34. The molecule has 1 heterocycles. The molecule has 0 radical (unpaired) electrons. The minimum Gasteiger partial charge on any atom is -0.330 e. The van der Waals surface area contributed by atoms with Gasteiger partial charge in [0.05, 0.1) is 0 Å². The van der Waals surface area contributed by atoms with E-state index in [1.807, 2.05) is 31.2 Å². The number of pyridine rings is 1. The Labute approximate surface area is 101 Å². The lowest BCUT2D eigenvalue weighted by molar-refractivity contribution is 0.0927. The zero-order valence-electron chi connectivity index (χ0n) is 9.89. The third-order valence-corrected chi connectivity index (χ3v) is 2.99. The summed E-state index contributed by atoms with van der Waals surface area (Å²) in [6.45, 7) is 2.47. The number of nitrogens with two attached hydrogens (primary N) is 1. The van der Waals surface area contributed by atoms with E-state index in [4.69, 9.17) is 5.73 Å². The number of benzene rings is 1. The standard InChI is InChI=1S/C14H16N2O/c1-10(5-7-15)14(17)13-4-2-3-11-9-16-8-6-12(11)13/h2-4,6,8-10H,5,7,15H2,1H3. The van der Waals surface area contributed by atoms with Crippen LogP contribution in [0.5, 0.6) is 0 Å². The van der Waals surface area contributed by atoms with E-state index in [1.54, 1.807) is 12.4 Å². The molecule has 1 aromatic carbocycles. The van der Waals surface area contributed by atoms with Crippen molar-refractivity contribution in [1.82, 2.24) is 4.98 Å². The fourth-order valence-electron chi connectivity index (χ4n) is 1.98. The van der Waals surface area contributed by atoms with Crippen molar-refractivity contribution < 1.29 is 4.79 Å². The van der Waals surface area contributed by atoms with Gasteiger partial charge in [0.1, 0.15) is 0 Å². The lowest BCUT2D eigenvalue weighted by atomic mass is 9.93. The zero-order valence-corrected chi connectivity index (χ0v) is 9.89. The molecule has 1 atom stereocenters. The second-order valence-electron chi connectivity index (χ2n) is 4.25. The van der Waals surface area contributed by atoms with Gasteiger partial charge in [-0.2, -0.15) is 0 Å². The minimum absolute atomic E-state index is 0.0289. The van der Waals surface area contributed by atoms with Crippen molar-refractivity contribution in [3.05, 3.63) is 42.2 Å². The first kappa shape index (κ1) is 11.7. The van der Waals surface area contributed by atoms with Crippen molar-refractivity contribution in [2.45, 2.75) is 13.3 Å². The molecule has 1 aromatic heterocycles. The van der Waals surface area contributed by atoms with E-state index < -0.39 is 0 Å². The van der Waals surface area contributed by atoms with Crippen LogP contribution in [0, 0.1) is 5.92 Å². The van der Waals surface area contributed by atoms with Gasteiger partial charge in [0, 0.05) is 29.3 Å². The van der Waals surface area contributed by atoms with Gasteiger partial charge >= 0.3 is 0 Å². The average molecular weight is 228 g/mol. The molecule has 0 fully saturated rings. The molecule has 2 aromatic rings.